The first-order valence-corrected chi connectivity index (χ1v) is 6.87. The van der Waals surface area contributed by atoms with Crippen LogP contribution >= 0.6 is 0 Å². The molecule has 1 amide bonds. The van der Waals surface area contributed by atoms with Crippen LogP contribution in [0, 0.1) is 0 Å². The third-order valence-corrected chi connectivity index (χ3v) is 3.68. The summed E-state index contributed by atoms with van der Waals surface area (Å²) in [5.74, 6) is 0.264. The largest absolute Gasteiger partial charge is 0.342 e. The number of carbonyl (C=O) groups excluding carboxylic acids is 1. The quantitative estimate of drug-likeness (QED) is 0.778. The van der Waals surface area contributed by atoms with E-state index in [1.54, 1.807) is 0 Å². The van der Waals surface area contributed by atoms with Crippen molar-refractivity contribution in [3.63, 3.8) is 0 Å². The molecule has 0 spiro atoms. The van der Waals surface area contributed by atoms with E-state index < -0.39 is 0 Å². The monoisotopic (exact) mass is 241 g/mol. The van der Waals surface area contributed by atoms with Crippen LogP contribution in [0.2, 0.25) is 0 Å². The van der Waals surface area contributed by atoms with Gasteiger partial charge in [0.15, 0.2) is 0 Å². The zero-order valence-electron chi connectivity index (χ0n) is 11.5. The summed E-state index contributed by atoms with van der Waals surface area (Å²) in [6.45, 7) is 8.98. The Balaban J connectivity index is 2.40. The summed E-state index contributed by atoms with van der Waals surface area (Å²) in [5, 5.41) is 3.36. The van der Waals surface area contributed by atoms with Crippen molar-refractivity contribution in [2.45, 2.75) is 39.2 Å². The van der Waals surface area contributed by atoms with Crippen molar-refractivity contribution in [3.8, 4) is 0 Å². The van der Waals surface area contributed by atoms with Gasteiger partial charge in [0.2, 0.25) is 5.91 Å². The molecule has 0 bridgehead atoms. The molecule has 1 aliphatic heterocycles. The van der Waals surface area contributed by atoms with Crippen molar-refractivity contribution in [2.24, 2.45) is 0 Å². The second-order valence-electron chi connectivity index (χ2n) is 4.85. The molecule has 1 rings (SSSR count). The summed E-state index contributed by atoms with van der Waals surface area (Å²) in [4.78, 5) is 16.3. The average molecular weight is 241 g/mol. The fourth-order valence-corrected chi connectivity index (χ4v) is 2.40. The van der Waals surface area contributed by atoms with Crippen LogP contribution in [0.4, 0.5) is 0 Å². The molecule has 0 unspecified atom stereocenters. The third kappa shape index (κ3) is 4.64. The van der Waals surface area contributed by atoms with Crippen LogP contribution in [0.5, 0.6) is 0 Å². The number of likely N-dealkylation sites (N-methyl/N-ethyl adjacent to an activating group) is 1. The molecule has 1 N–H and O–H groups in total. The van der Waals surface area contributed by atoms with E-state index in [9.17, 15) is 4.79 Å². The second-order valence-corrected chi connectivity index (χ2v) is 4.85. The lowest BCUT2D eigenvalue weighted by Gasteiger charge is -2.29. The van der Waals surface area contributed by atoms with Gasteiger partial charge in [-0.2, -0.15) is 0 Å². The average Bonchev–Trinajstić information content (AvgIpc) is 2.59. The summed E-state index contributed by atoms with van der Waals surface area (Å²) < 4.78 is 0. The summed E-state index contributed by atoms with van der Waals surface area (Å²) in [6.07, 6.45) is 3.22. The van der Waals surface area contributed by atoms with E-state index in [1.165, 1.54) is 0 Å². The lowest BCUT2D eigenvalue weighted by Crippen LogP contribution is -2.43. The van der Waals surface area contributed by atoms with E-state index in [0.717, 1.165) is 45.4 Å². The molecule has 17 heavy (non-hydrogen) atoms. The molecule has 0 aliphatic carbocycles. The number of amides is 1. The number of rotatable bonds is 5. The highest BCUT2D eigenvalue weighted by Gasteiger charge is 2.19. The third-order valence-electron chi connectivity index (χ3n) is 3.68. The molecule has 1 heterocycles. The van der Waals surface area contributed by atoms with Gasteiger partial charge >= 0.3 is 0 Å². The minimum atomic E-state index is 0.264. The van der Waals surface area contributed by atoms with E-state index in [0.29, 0.717) is 12.6 Å². The molecule has 0 aromatic rings. The van der Waals surface area contributed by atoms with E-state index >= 15 is 0 Å². The standard InChI is InChI=1S/C13H27N3O/c1-4-12(5-2)15(3)13(17)11-16-9-6-7-14-8-10-16/h12,14H,4-11H2,1-3H3. The van der Waals surface area contributed by atoms with Crippen LogP contribution in [-0.2, 0) is 4.79 Å². The molecule has 100 valence electrons. The maximum Gasteiger partial charge on any atom is 0.236 e. The van der Waals surface area contributed by atoms with E-state index in [2.05, 4.69) is 24.1 Å². The van der Waals surface area contributed by atoms with Gasteiger partial charge in [-0.05, 0) is 32.4 Å². The normalized spacial score (nSPS) is 18.1. The summed E-state index contributed by atoms with van der Waals surface area (Å²) in [5.41, 5.74) is 0. The van der Waals surface area contributed by atoms with Gasteiger partial charge in [-0.25, -0.2) is 0 Å². The lowest BCUT2D eigenvalue weighted by atomic mass is 10.1. The van der Waals surface area contributed by atoms with Crippen molar-refractivity contribution in [1.82, 2.24) is 15.1 Å². The molecule has 0 aromatic carbocycles. The predicted molar refractivity (Wildman–Crippen MR) is 71.1 cm³/mol. The number of hydrogen-bond donors (Lipinski definition) is 1. The Bertz CT molecular complexity index is 221. The van der Waals surface area contributed by atoms with Gasteiger partial charge in [0.25, 0.3) is 0 Å². The van der Waals surface area contributed by atoms with Gasteiger partial charge in [-0.1, -0.05) is 13.8 Å². The fourth-order valence-electron chi connectivity index (χ4n) is 2.40. The molecule has 0 aromatic heterocycles. The highest BCUT2D eigenvalue weighted by Crippen LogP contribution is 2.07. The van der Waals surface area contributed by atoms with Crippen LogP contribution in [0.25, 0.3) is 0 Å². The van der Waals surface area contributed by atoms with Crippen LogP contribution in [0.15, 0.2) is 0 Å². The van der Waals surface area contributed by atoms with Crippen LogP contribution in [-0.4, -0.2) is 61.5 Å². The van der Waals surface area contributed by atoms with Crippen LogP contribution < -0.4 is 5.32 Å². The number of nitrogens with one attached hydrogen (secondary N) is 1. The summed E-state index contributed by atoms with van der Waals surface area (Å²) in [7, 11) is 1.94. The van der Waals surface area contributed by atoms with Gasteiger partial charge in [0.05, 0.1) is 6.54 Å². The molecule has 1 fully saturated rings. The maximum absolute atomic E-state index is 12.1. The first-order chi connectivity index (χ1) is 8.19. The van der Waals surface area contributed by atoms with E-state index in [-0.39, 0.29) is 5.91 Å². The number of hydrogen-bond acceptors (Lipinski definition) is 3. The van der Waals surface area contributed by atoms with Gasteiger partial charge in [-0.3, -0.25) is 9.69 Å². The smallest absolute Gasteiger partial charge is 0.236 e. The lowest BCUT2D eigenvalue weighted by molar-refractivity contribution is -0.133. The first-order valence-electron chi connectivity index (χ1n) is 6.87. The van der Waals surface area contributed by atoms with E-state index in [1.807, 2.05) is 11.9 Å². The molecule has 0 radical (unpaired) electrons. The van der Waals surface area contributed by atoms with E-state index in [4.69, 9.17) is 0 Å². The fraction of sp³-hybridized carbons (Fsp3) is 0.923. The molecule has 0 saturated carbocycles. The molecular formula is C13H27N3O. The van der Waals surface area contributed by atoms with Crippen molar-refractivity contribution in [3.05, 3.63) is 0 Å². The molecule has 0 atom stereocenters. The second kappa shape index (κ2) is 7.67. The summed E-state index contributed by atoms with van der Waals surface area (Å²) in [6, 6.07) is 0.396. The van der Waals surface area contributed by atoms with Crippen molar-refractivity contribution < 1.29 is 4.79 Å². The molecule has 4 heteroatoms. The predicted octanol–water partition coefficient (Wildman–Crippen LogP) is 0.929. The van der Waals surface area contributed by atoms with Crippen molar-refractivity contribution in [1.29, 1.82) is 0 Å². The Morgan fingerprint density at radius 3 is 2.65 bits per heavy atom. The highest BCUT2D eigenvalue weighted by atomic mass is 16.2. The van der Waals surface area contributed by atoms with Crippen LogP contribution in [0.3, 0.4) is 0 Å². The van der Waals surface area contributed by atoms with Crippen LogP contribution in [0.1, 0.15) is 33.1 Å². The SMILES string of the molecule is CCC(CC)N(C)C(=O)CN1CCCNCC1. The minimum absolute atomic E-state index is 0.264. The van der Waals surface area contributed by atoms with Crippen molar-refractivity contribution in [2.75, 3.05) is 39.8 Å². The first kappa shape index (κ1) is 14.5. The highest BCUT2D eigenvalue weighted by molar-refractivity contribution is 5.78. The van der Waals surface area contributed by atoms with Gasteiger partial charge in [0.1, 0.15) is 0 Å². The van der Waals surface area contributed by atoms with Gasteiger partial charge < -0.3 is 10.2 Å². The molecule has 1 aliphatic rings. The molecule has 1 saturated heterocycles. The zero-order chi connectivity index (χ0) is 12.7. The zero-order valence-corrected chi connectivity index (χ0v) is 11.5. The molecular weight excluding hydrogens is 214 g/mol. The Kier molecular flexibility index (Phi) is 6.52. The Labute approximate surface area is 105 Å². The van der Waals surface area contributed by atoms with Gasteiger partial charge in [-0.15, -0.1) is 0 Å². The maximum atomic E-state index is 12.1. The Morgan fingerprint density at radius 1 is 1.29 bits per heavy atom. The minimum Gasteiger partial charge on any atom is -0.342 e. The number of carbonyl (C=O) groups is 1. The topological polar surface area (TPSA) is 35.6 Å². The number of nitrogens with zero attached hydrogens (tertiary/aromatic N) is 2. The van der Waals surface area contributed by atoms with Crippen molar-refractivity contribution >= 4 is 5.91 Å². The summed E-state index contributed by atoms with van der Waals surface area (Å²) >= 11 is 0. The Morgan fingerprint density at radius 2 is 2.00 bits per heavy atom. The van der Waals surface area contributed by atoms with Gasteiger partial charge in [0, 0.05) is 26.2 Å². The Hall–Kier alpha value is -0.610. The molecule has 4 nitrogen and oxygen atoms in total.